The van der Waals surface area contributed by atoms with E-state index in [1.807, 2.05) is 30.7 Å². The van der Waals surface area contributed by atoms with Gasteiger partial charge < -0.3 is 14.7 Å². The van der Waals surface area contributed by atoms with Gasteiger partial charge in [0.15, 0.2) is 0 Å². The van der Waals surface area contributed by atoms with Crippen LogP contribution in [0.1, 0.15) is 56.1 Å². The van der Waals surface area contributed by atoms with Crippen LogP contribution in [0.2, 0.25) is 0 Å². The highest BCUT2D eigenvalue weighted by Gasteiger charge is 2.30. The van der Waals surface area contributed by atoms with E-state index in [9.17, 15) is 9.90 Å². The van der Waals surface area contributed by atoms with Gasteiger partial charge in [0.25, 0.3) is 0 Å². The van der Waals surface area contributed by atoms with Crippen molar-refractivity contribution in [3.63, 3.8) is 0 Å². The number of carboxylic acid groups (broad SMARTS) is 1. The van der Waals surface area contributed by atoms with Crippen LogP contribution in [0.4, 0.5) is 0 Å². The maximum Gasteiger partial charge on any atom is 0.303 e. The molecule has 0 aliphatic carbocycles. The van der Waals surface area contributed by atoms with Gasteiger partial charge >= 0.3 is 5.97 Å². The van der Waals surface area contributed by atoms with Gasteiger partial charge in [0, 0.05) is 36.9 Å². The predicted octanol–water partition coefficient (Wildman–Crippen LogP) is 5.79. The number of rotatable bonds is 13. The number of carboxylic acids is 1. The van der Waals surface area contributed by atoms with Crippen LogP contribution in [0.15, 0.2) is 55.0 Å². The molecule has 2 atom stereocenters. The highest BCUT2D eigenvalue weighted by molar-refractivity contribution is 5.83. The molecule has 0 spiro atoms. The number of aliphatic carboxylic acids is 1. The molecule has 1 fully saturated rings. The van der Waals surface area contributed by atoms with Crippen molar-refractivity contribution in [3.05, 3.63) is 66.1 Å². The second-order valence-corrected chi connectivity index (χ2v) is 10.1. The lowest BCUT2D eigenvalue weighted by Gasteiger charge is -2.38. The molecule has 0 saturated carbocycles. The van der Waals surface area contributed by atoms with Crippen LogP contribution >= 0.6 is 0 Å². The molecule has 1 N–H and O–H groups in total. The average molecular weight is 490 g/mol. The standard InChI is InChI=1S/C30H39N3O3/c1-36-27-9-10-29-28(21-27)25(13-17-32-29)8-5-7-24-14-19-33(22-26(24)20-30(34)35)18-4-2-3-6-23-11-15-31-16-12-23/h9-13,15-17,21,24,26H,2-8,14,18-20,22H2,1H3,(H,34,35)/t24-,26+/m1/s1. The third-order valence-corrected chi connectivity index (χ3v) is 7.66. The molecule has 192 valence electrons. The summed E-state index contributed by atoms with van der Waals surface area (Å²) >= 11 is 0. The molecule has 6 nitrogen and oxygen atoms in total. The number of pyridine rings is 2. The Labute approximate surface area is 214 Å². The number of hydrogen-bond acceptors (Lipinski definition) is 5. The minimum Gasteiger partial charge on any atom is -0.497 e. The molecule has 1 aliphatic rings. The second-order valence-electron chi connectivity index (χ2n) is 10.1. The fourth-order valence-corrected chi connectivity index (χ4v) is 5.67. The minimum absolute atomic E-state index is 0.238. The quantitative estimate of drug-likeness (QED) is 0.307. The van der Waals surface area contributed by atoms with Crippen LogP contribution in [-0.2, 0) is 17.6 Å². The number of ether oxygens (including phenoxy) is 1. The van der Waals surface area contributed by atoms with Crippen LogP contribution in [0, 0.1) is 11.8 Å². The first-order chi connectivity index (χ1) is 17.6. The Morgan fingerprint density at radius 1 is 1.03 bits per heavy atom. The van der Waals surface area contributed by atoms with E-state index in [-0.39, 0.29) is 12.3 Å². The van der Waals surface area contributed by atoms with E-state index in [0.717, 1.165) is 68.4 Å². The van der Waals surface area contributed by atoms with E-state index in [4.69, 9.17) is 4.74 Å². The number of benzene rings is 1. The summed E-state index contributed by atoms with van der Waals surface area (Å²) in [4.78, 5) is 22.7. The summed E-state index contributed by atoms with van der Waals surface area (Å²) in [5.41, 5.74) is 3.63. The van der Waals surface area contributed by atoms with E-state index in [0.29, 0.717) is 5.92 Å². The zero-order valence-electron chi connectivity index (χ0n) is 21.4. The van der Waals surface area contributed by atoms with Gasteiger partial charge in [-0.2, -0.15) is 0 Å². The van der Waals surface area contributed by atoms with Gasteiger partial charge in [-0.05, 0) is 117 Å². The van der Waals surface area contributed by atoms with Crippen LogP contribution in [0.25, 0.3) is 10.9 Å². The van der Waals surface area contributed by atoms with Crippen LogP contribution in [-0.4, -0.2) is 52.7 Å². The van der Waals surface area contributed by atoms with Crippen molar-refractivity contribution in [3.8, 4) is 5.75 Å². The number of nitrogens with zero attached hydrogens (tertiary/aromatic N) is 3. The summed E-state index contributed by atoms with van der Waals surface area (Å²) in [5.74, 6) is 0.897. The predicted molar refractivity (Wildman–Crippen MR) is 143 cm³/mol. The smallest absolute Gasteiger partial charge is 0.303 e. The van der Waals surface area contributed by atoms with E-state index in [2.05, 4.69) is 39.1 Å². The first-order valence-electron chi connectivity index (χ1n) is 13.4. The highest BCUT2D eigenvalue weighted by atomic mass is 16.5. The molecular formula is C30H39N3O3. The molecular weight excluding hydrogens is 450 g/mol. The van der Waals surface area contributed by atoms with E-state index >= 15 is 0 Å². The topological polar surface area (TPSA) is 75.5 Å². The van der Waals surface area contributed by atoms with Gasteiger partial charge in [0.2, 0.25) is 0 Å². The van der Waals surface area contributed by atoms with E-state index in [1.165, 1.54) is 30.4 Å². The molecule has 1 saturated heterocycles. The number of hydrogen-bond donors (Lipinski definition) is 1. The molecule has 0 unspecified atom stereocenters. The van der Waals surface area contributed by atoms with Gasteiger partial charge in [-0.15, -0.1) is 0 Å². The largest absolute Gasteiger partial charge is 0.497 e. The van der Waals surface area contributed by atoms with Crippen molar-refractivity contribution in [2.24, 2.45) is 11.8 Å². The van der Waals surface area contributed by atoms with E-state index < -0.39 is 5.97 Å². The highest BCUT2D eigenvalue weighted by Crippen LogP contribution is 2.32. The average Bonchev–Trinajstić information content (AvgIpc) is 2.89. The monoisotopic (exact) mass is 489 g/mol. The third kappa shape index (κ3) is 7.50. The number of methoxy groups -OCH3 is 1. The molecule has 6 heteroatoms. The minimum atomic E-state index is -0.670. The number of carbonyl (C=O) groups is 1. The van der Waals surface area contributed by atoms with Gasteiger partial charge in [0.1, 0.15) is 5.75 Å². The molecule has 36 heavy (non-hydrogen) atoms. The SMILES string of the molecule is COc1ccc2nccc(CCC[C@@H]3CCN(CCCCCc4ccncc4)C[C@@H]3CC(=O)O)c2c1. The molecule has 0 amide bonds. The fraction of sp³-hybridized carbons (Fsp3) is 0.500. The maximum atomic E-state index is 11.6. The number of piperidine rings is 1. The van der Waals surface area contributed by atoms with Crippen LogP contribution in [0.3, 0.4) is 0 Å². The van der Waals surface area contributed by atoms with Gasteiger partial charge in [-0.25, -0.2) is 0 Å². The van der Waals surface area contributed by atoms with Gasteiger partial charge in [-0.1, -0.05) is 6.42 Å². The summed E-state index contributed by atoms with van der Waals surface area (Å²) in [5, 5.41) is 10.7. The summed E-state index contributed by atoms with van der Waals surface area (Å²) in [6.45, 7) is 3.07. The maximum absolute atomic E-state index is 11.6. The summed E-state index contributed by atoms with van der Waals surface area (Å²) in [7, 11) is 1.69. The molecule has 3 heterocycles. The lowest BCUT2D eigenvalue weighted by Crippen LogP contribution is -2.41. The molecule has 1 aromatic carbocycles. The van der Waals surface area contributed by atoms with Crippen molar-refractivity contribution in [2.75, 3.05) is 26.7 Å². The molecule has 0 bridgehead atoms. The number of aryl methyl sites for hydroxylation is 2. The fourth-order valence-electron chi connectivity index (χ4n) is 5.67. The lowest BCUT2D eigenvalue weighted by molar-refractivity contribution is -0.139. The lowest BCUT2D eigenvalue weighted by atomic mass is 9.79. The Bertz CT molecular complexity index is 1110. The van der Waals surface area contributed by atoms with Crippen molar-refractivity contribution in [2.45, 2.75) is 57.8 Å². The van der Waals surface area contributed by atoms with Crippen LogP contribution in [0.5, 0.6) is 5.75 Å². The first-order valence-corrected chi connectivity index (χ1v) is 13.4. The molecule has 2 aromatic heterocycles. The molecule has 4 rings (SSSR count). The third-order valence-electron chi connectivity index (χ3n) is 7.66. The second kappa shape index (κ2) is 13.4. The van der Waals surface area contributed by atoms with E-state index in [1.54, 1.807) is 7.11 Å². The molecule has 1 aliphatic heterocycles. The Kier molecular flexibility index (Phi) is 9.68. The molecule has 0 radical (unpaired) electrons. The Balaban J connectivity index is 1.24. The zero-order chi connectivity index (χ0) is 25.2. The van der Waals surface area contributed by atoms with Gasteiger partial charge in [-0.3, -0.25) is 14.8 Å². The normalized spacial score (nSPS) is 18.4. The zero-order valence-corrected chi connectivity index (χ0v) is 21.4. The molecule has 3 aromatic rings. The van der Waals surface area contributed by atoms with Crippen molar-refractivity contribution in [1.29, 1.82) is 0 Å². The van der Waals surface area contributed by atoms with Crippen molar-refractivity contribution >= 4 is 16.9 Å². The number of likely N-dealkylation sites (tertiary alicyclic amines) is 1. The number of aromatic nitrogens is 2. The van der Waals surface area contributed by atoms with Gasteiger partial charge in [0.05, 0.1) is 12.6 Å². The van der Waals surface area contributed by atoms with Crippen molar-refractivity contribution < 1.29 is 14.6 Å². The Hall–Kier alpha value is -2.99. The Morgan fingerprint density at radius 2 is 1.89 bits per heavy atom. The summed E-state index contributed by atoms with van der Waals surface area (Å²) in [6, 6.07) is 12.3. The first kappa shape index (κ1) is 26.1. The summed E-state index contributed by atoms with van der Waals surface area (Å²) < 4.78 is 5.41. The summed E-state index contributed by atoms with van der Waals surface area (Å²) in [6.07, 6.45) is 14.8. The number of unbranched alkanes of at least 4 members (excludes halogenated alkanes) is 2. The Morgan fingerprint density at radius 3 is 2.69 bits per heavy atom. The number of fused-ring (bicyclic) bond motifs is 1. The van der Waals surface area contributed by atoms with Crippen LogP contribution < -0.4 is 4.74 Å². The van der Waals surface area contributed by atoms with Crippen molar-refractivity contribution in [1.82, 2.24) is 14.9 Å².